The summed E-state index contributed by atoms with van der Waals surface area (Å²) in [6.07, 6.45) is 3.94. The minimum absolute atomic E-state index is 0.204. The Labute approximate surface area is 154 Å². The van der Waals surface area contributed by atoms with Crippen LogP contribution in [-0.4, -0.2) is 29.9 Å². The van der Waals surface area contributed by atoms with E-state index in [4.69, 9.17) is 4.74 Å². The Morgan fingerprint density at radius 3 is 2.46 bits per heavy atom. The molecule has 6 heteroatoms. The quantitative estimate of drug-likeness (QED) is 0.763. The lowest BCUT2D eigenvalue weighted by molar-refractivity contribution is -0.123. The van der Waals surface area contributed by atoms with Crippen LogP contribution in [0.3, 0.4) is 0 Å². The average Bonchev–Trinajstić information content (AvgIpc) is 2.66. The molecule has 0 aliphatic carbocycles. The zero-order chi connectivity index (χ0) is 18.9. The molecule has 0 unspecified atom stereocenters. The highest BCUT2D eigenvalue weighted by Gasteiger charge is 2.22. The van der Waals surface area contributed by atoms with Crippen LogP contribution in [0.4, 0.5) is 0 Å². The van der Waals surface area contributed by atoms with E-state index in [9.17, 15) is 9.59 Å². The van der Waals surface area contributed by atoms with Crippen LogP contribution in [-0.2, 0) is 11.3 Å². The summed E-state index contributed by atoms with van der Waals surface area (Å²) < 4.78 is 5.09. The predicted octanol–water partition coefficient (Wildman–Crippen LogP) is 2.55. The molecule has 0 bridgehead atoms. The molecular formula is C20H25N3O3. The highest BCUT2D eigenvalue weighted by Crippen LogP contribution is 2.12. The number of pyridine rings is 1. The van der Waals surface area contributed by atoms with Crippen molar-refractivity contribution in [3.8, 4) is 5.75 Å². The Bertz CT molecular complexity index is 715. The lowest BCUT2D eigenvalue weighted by atomic mass is 10.0. The molecule has 2 aromatic rings. The fraction of sp³-hybridized carbons (Fsp3) is 0.350. The van der Waals surface area contributed by atoms with Crippen molar-refractivity contribution in [2.45, 2.75) is 32.9 Å². The van der Waals surface area contributed by atoms with E-state index in [1.54, 1.807) is 43.8 Å². The van der Waals surface area contributed by atoms with Crippen LogP contribution in [0.2, 0.25) is 0 Å². The summed E-state index contributed by atoms with van der Waals surface area (Å²) in [5.41, 5.74) is 1.39. The molecule has 0 radical (unpaired) electrons. The molecule has 0 saturated carbocycles. The van der Waals surface area contributed by atoms with Gasteiger partial charge in [-0.05, 0) is 48.2 Å². The second kappa shape index (κ2) is 9.56. The van der Waals surface area contributed by atoms with E-state index in [2.05, 4.69) is 15.6 Å². The zero-order valence-corrected chi connectivity index (χ0v) is 15.4. The highest BCUT2D eigenvalue weighted by molar-refractivity contribution is 5.97. The number of aromatic nitrogens is 1. The molecule has 0 spiro atoms. The number of carbonyl (C=O) groups is 2. The molecule has 1 aromatic carbocycles. The van der Waals surface area contributed by atoms with Crippen molar-refractivity contribution in [3.63, 3.8) is 0 Å². The van der Waals surface area contributed by atoms with E-state index in [-0.39, 0.29) is 17.7 Å². The maximum Gasteiger partial charge on any atom is 0.251 e. The maximum atomic E-state index is 12.6. The third-order valence-corrected chi connectivity index (χ3v) is 3.87. The number of ether oxygens (including phenoxy) is 1. The van der Waals surface area contributed by atoms with Crippen molar-refractivity contribution in [3.05, 3.63) is 59.9 Å². The summed E-state index contributed by atoms with van der Waals surface area (Å²) in [6, 6.07) is 9.90. The summed E-state index contributed by atoms with van der Waals surface area (Å²) in [7, 11) is 1.57. The molecule has 1 aromatic heterocycles. The van der Waals surface area contributed by atoms with Gasteiger partial charge in [-0.3, -0.25) is 14.6 Å². The third kappa shape index (κ3) is 5.88. The average molecular weight is 355 g/mol. The Morgan fingerprint density at radius 2 is 1.88 bits per heavy atom. The first-order chi connectivity index (χ1) is 12.5. The normalized spacial score (nSPS) is 11.7. The minimum Gasteiger partial charge on any atom is -0.497 e. The van der Waals surface area contributed by atoms with Gasteiger partial charge in [-0.15, -0.1) is 0 Å². The second-order valence-electron chi connectivity index (χ2n) is 6.46. The van der Waals surface area contributed by atoms with Gasteiger partial charge in [0.15, 0.2) is 0 Å². The first kappa shape index (κ1) is 19.4. The fourth-order valence-electron chi connectivity index (χ4n) is 2.50. The Hall–Kier alpha value is -2.89. The summed E-state index contributed by atoms with van der Waals surface area (Å²) >= 11 is 0. The van der Waals surface area contributed by atoms with Gasteiger partial charge in [-0.1, -0.05) is 19.9 Å². The number of rotatable bonds is 8. The van der Waals surface area contributed by atoms with Crippen LogP contribution in [0.25, 0.3) is 0 Å². The van der Waals surface area contributed by atoms with Gasteiger partial charge in [0.2, 0.25) is 5.91 Å². The molecular weight excluding hydrogens is 330 g/mol. The molecule has 0 fully saturated rings. The molecule has 1 atom stereocenters. The number of nitrogens with one attached hydrogen (secondary N) is 2. The number of amides is 2. The van der Waals surface area contributed by atoms with Crippen molar-refractivity contribution >= 4 is 11.8 Å². The van der Waals surface area contributed by atoms with Crippen LogP contribution in [0.5, 0.6) is 5.75 Å². The van der Waals surface area contributed by atoms with Gasteiger partial charge in [-0.25, -0.2) is 0 Å². The van der Waals surface area contributed by atoms with Crippen LogP contribution in [0.15, 0.2) is 48.8 Å². The molecule has 0 saturated heterocycles. The van der Waals surface area contributed by atoms with Gasteiger partial charge < -0.3 is 15.4 Å². The van der Waals surface area contributed by atoms with E-state index < -0.39 is 6.04 Å². The number of nitrogens with zero attached hydrogens (tertiary/aromatic N) is 1. The van der Waals surface area contributed by atoms with Gasteiger partial charge in [0.1, 0.15) is 11.8 Å². The largest absolute Gasteiger partial charge is 0.497 e. The van der Waals surface area contributed by atoms with Crippen molar-refractivity contribution < 1.29 is 14.3 Å². The fourth-order valence-corrected chi connectivity index (χ4v) is 2.50. The lowest BCUT2D eigenvalue weighted by Gasteiger charge is -2.20. The highest BCUT2D eigenvalue weighted by atomic mass is 16.5. The number of carbonyl (C=O) groups excluding carboxylic acids is 2. The maximum absolute atomic E-state index is 12.6. The molecule has 0 aliphatic heterocycles. The van der Waals surface area contributed by atoms with Crippen molar-refractivity contribution in [1.82, 2.24) is 15.6 Å². The summed E-state index contributed by atoms with van der Waals surface area (Å²) in [5, 5.41) is 5.70. The SMILES string of the molecule is COc1ccc(C(=O)N[C@H](CC(C)C)C(=O)NCc2cccnc2)cc1. The summed E-state index contributed by atoms with van der Waals surface area (Å²) in [5.74, 6) is 0.453. The standard InChI is InChI=1S/C20H25N3O3/c1-14(2)11-18(20(25)22-13-15-5-4-10-21-12-15)23-19(24)16-6-8-17(26-3)9-7-16/h4-10,12,14,18H,11,13H2,1-3H3,(H,22,25)(H,23,24)/t18-/m1/s1. The molecule has 138 valence electrons. The van der Waals surface area contributed by atoms with Crippen LogP contribution in [0.1, 0.15) is 36.2 Å². The number of benzene rings is 1. The van der Waals surface area contributed by atoms with Crippen molar-refractivity contribution in [2.24, 2.45) is 5.92 Å². The van der Waals surface area contributed by atoms with Crippen molar-refractivity contribution in [1.29, 1.82) is 0 Å². The van der Waals surface area contributed by atoms with E-state index >= 15 is 0 Å². The van der Waals surface area contributed by atoms with Gasteiger partial charge in [0, 0.05) is 24.5 Å². The topological polar surface area (TPSA) is 80.3 Å². The molecule has 2 amide bonds. The molecule has 2 rings (SSSR count). The van der Waals surface area contributed by atoms with Gasteiger partial charge in [-0.2, -0.15) is 0 Å². The molecule has 1 heterocycles. The number of hydrogen-bond donors (Lipinski definition) is 2. The molecule has 6 nitrogen and oxygen atoms in total. The predicted molar refractivity (Wildman–Crippen MR) is 99.8 cm³/mol. The Kier molecular flexibility index (Phi) is 7.14. The summed E-state index contributed by atoms with van der Waals surface area (Å²) in [4.78, 5) is 29.1. The zero-order valence-electron chi connectivity index (χ0n) is 15.4. The van der Waals surface area contributed by atoms with Crippen LogP contribution < -0.4 is 15.4 Å². The van der Waals surface area contributed by atoms with Crippen molar-refractivity contribution in [2.75, 3.05) is 7.11 Å². The molecule has 2 N–H and O–H groups in total. The smallest absolute Gasteiger partial charge is 0.251 e. The van der Waals surface area contributed by atoms with Gasteiger partial charge >= 0.3 is 0 Å². The first-order valence-corrected chi connectivity index (χ1v) is 8.61. The van der Waals surface area contributed by atoms with E-state index in [1.165, 1.54) is 0 Å². The Balaban J connectivity index is 2.00. The monoisotopic (exact) mass is 355 g/mol. The van der Waals surface area contributed by atoms with E-state index in [0.717, 1.165) is 5.56 Å². The molecule has 26 heavy (non-hydrogen) atoms. The molecule has 0 aliphatic rings. The number of hydrogen-bond acceptors (Lipinski definition) is 4. The second-order valence-corrected chi connectivity index (χ2v) is 6.46. The van der Waals surface area contributed by atoms with Gasteiger partial charge in [0.05, 0.1) is 7.11 Å². The van der Waals surface area contributed by atoms with E-state index in [1.807, 2.05) is 26.0 Å². The van der Waals surface area contributed by atoms with Gasteiger partial charge in [0.25, 0.3) is 5.91 Å². The minimum atomic E-state index is -0.596. The number of methoxy groups -OCH3 is 1. The third-order valence-electron chi connectivity index (χ3n) is 3.87. The van der Waals surface area contributed by atoms with Crippen LogP contribution >= 0.6 is 0 Å². The Morgan fingerprint density at radius 1 is 1.15 bits per heavy atom. The van der Waals surface area contributed by atoms with Crippen LogP contribution in [0, 0.1) is 5.92 Å². The summed E-state index contributed by atoms with van der Waals surface area (Å²) in [6.45, 7) is 4.40. The lowest BCUT2D eigenvalue weighted by Crippen LogP contribution is -2.47. The first-order valence-electron chi connectivity index (χ1n) is 8.61. The van der Waals surface area contributed by atoms with E-state index in [0.29, 0.717) is 24.3 Å².